The Morgan fingerprint density at radius 3 is 2.61 bits per heavy atom. The van der Waals surface area contributed by atoms with Crippen LogP contribution in [0.5, 0.6) is 5.88 Å². The lowest BCUT2D eigenvalue weighted by atomic mass is 10.2. The first-order valence-electron chi connectivity index (χ1n) is 8.65. The molecule has 0 fully saturated rings. The van der Waals surface area contributed by atoms with E-state index in [9.17, 15) is 0 Å². The molecule has 0 saturated carbocycles. The standard InChI is InChI=1S/C19H24Cl2N4O2.HI/c1-3-22-19(25-13-15-5-6-16(20)10-17(15)21)24-12-14-4-7-18(23-11-14)27-9-8-26-2;/h4-7,10-11H,3,8-9,12-13H2,1-2H3,(H2,22,24,25);1H. The van der Waals surface area contributed by atoms with Crippen LogP contribution in [0.1, 0.15) is 18.1 Å². The smallest absolute Gasteiger partial charge is 0.213 e. The molecule has 154 valence electrons. The SMILES string of the molecule is CCNC(=NCc1ccc(OCCOC)nc1)NCc1ccc(Cl)cc1Cl.I. The van der Waals surface area contributed by atoms with Crippen molar-refractivity contribution < 1.29 is 9.47 Å². The number of benzene rings is 1. The monoisotopic (exact) mass is 538 g/mol. The Hall–Kier alpha value is -1.29. The highest BCUT2D eigenvalue weighted by atomic mass is 127. The van der Waals surface area contributed by atoms with Crippen molar-refractivity contribution in [1.29, 1.82) is 0 Å². The number of aromatic nitrogens is 1. The molecule has 0 aliphatic rings. The minimum absolute atomic E-state index is 0. The maximum atomic E-state index is 6.21. The summed E-state index contributed by atoms with van der Waals surface area (Å²) in [6.07, 6.45) is 1.76. The zero-order valence-electron chi connectivity index (χ0n) is 15.9. The van der Waals surface area contributed by atoms with Gasteiger partial charge in [0.25, 0.3) is 0 Å². The molecule has 6 nitrogen and oxygen atoms in total. The largest absolute Gasteiger partial charge is 0.475 e. The number of ether oxygens (including phenoxy) is 2. The summed E-state index contributed by atoms with van der Waals surface area (Å²) in [5.74, 6) is 1.27. The van der Waals surface area contributed by atoms with E-state index in [0.717, 1.165) is 17.7 Å². The lowest BCUT2D eigenvalue weighted by Crippen LogP contribution is -2.36. The van der Waals surface area contributed by atoms with E-state index in [1.54, 1.807) is 19.4 Å². The Balaban J connectivity index is 0.00000392. The molecule has 2 N–H and O–H groups in total. The summed E-state index contributed by atoms with van der Waals surface area (Å²) in [7, 11) is 1.63. The number of pyridine rings is 1. The Morgan fingerprint density at radius 1 is 1.14 bits per heavy atom. The summed E-state index contributed by atoms with van der Waals surface area (Å²) in [5, 5.41) is 7.72. The molecule has 28 heavy (non-hydrogen) atoms. The zero-order valence-corrected chi connectivity index (χ0v) is 19.7. The summed E-state index contributed by atoms with van der Waals surface area (Å²) >= 11 is 12.1. The summed E-state index contributed by atoms with van der Waals surface area (Å²) in [6, 6.07) is 9.21. The van der Waals surface area contributed by atoms with Gasteiger partial charge in [-0.25, -0.2) is 9.98 Å². The van der Waals surface area contributed by atoms with Crippen LogP contribution in [0.2, 0.25) is 10.0 Å². The minimum Gasteiger partial charge on any atom is -0.475 e. The van der Waals surface area contributed by atoms with Gasteiger partial charge in [-0.15, -0.1) is 24.0 Å². The molecule has 0 radical (unpaired) electrons. The second-order valence-electron chi connectivity index (χ2n) is 5.63. The van der Waals surface area contributed by atoms with Crippen molar-refractivity contribution in [3.05, 3.63) is 57.7 Å². The number of halogens is 3. The summed E-state index contributed by atoms with van der Waals surface area (Å²) in [6.45, 7) is 4.82. The van der Waals surface area contributed by atoms with Gasteiger partial charge in [-0.05, 0) is 30.2 Å². The fourth-order valence-corrected chi connectivity index (χ4v) is 2.65. The van der Waals surface area contributed by atoms with Crippen LogP contribution < -0.4 is 15.4 Å². The van der Waals surface area contributed by atoms with Crippen LogP contribution in [-0.4, -0.2) is 37.8 Å². The molecule has 1 aromatic heterocycles. The minimum atomic E-state index is 0. The van der Waals surface area contributed by atoms with Gasteiger partial charge in [-0.1, -0.05) is 35.3 Å². The van der Waals surface area contributed by atoms with Crippen molar-refractivity contribution >= 4 is 53.1 Å². The number of hydrogen-bond acceptors (Lipinski definition) is 4. The second-order valence-corrected chi connectivity index (χ2v) is 6.47. The molecule has 0 amide bonds. The van der Waals surface area contributed by atoms with E-state index in [1.807, 2.05) is 31.2 Å². The highest BCUT2D eigenvalue weighted by Gasteiger charge is 2.04. The number of guanidine groups is 1. The average molecular weight is 539 g/mol. The zero-order chi connectivity index (χ0) is 19.5. The van der Waals surface area contributed by atoms with E-state index < -0.39 is 0 Å². The van der Waals surface area contributed by atoms with E-state index in [4.69, 9.17) is 32.7 Å². The molecule has 9 heteroatoms. The molecule has 1 aromatic carbocycles. The van der Waals surface area contributed by atoms with Crippen LogP contribution in [0.25, 0.3) is 0 Å². The van der Waals surface area contributed by atoms with Crippen molar-refractivity contribution in [2.45, 2.75) is 20.0 Å². The van der Waals surface area contributed by atoms with Crippen molar-refractivity contribution in [3.8, 4) is 5.88 Å². The van der Waals surface area contributed by atoms with E-state index >= 15 is 0 Å². The lowest BCUT2D eigenvalue weighted by molar-refractivity contribution is 0.143. The Bertz CT molecular complexity index is 745. The predicted molar refractivity (Wildman–Crippen MR) is 125 cm³/mol. The molecule has 0 unspecified atom stereocenters. The molecule has 0 bridgehead atoms. The molecule has 2 aromatic rings. The first-order valence-corrected chi connectivity index (χ1v) is 9.40. The second kappa shape index (κ2) is 13.8. The van der Waals surface area contributed by atoms with Crippen LogP contribution in [0, 0.1) is 0 Å². The normalized spacial score (nSPS) is 10.9. The van der Waals surface area contributed by atoms with E-state index in [0.29, 0.717) is 48.2 Å². The number of hydrogen-bond donors (Lipinski definition) is 2. The molecular formula is C19H25Cl2IN4O2. The fourth-order valence-electron chi connectivity index (χ4n) is 2.18. The lowest BCUT2D eigenvalue weighted by Gasteiger charge is -2.12. The highest BCUT2D eigenvalue weighted by Crippen LogP contribution is 2.20. The summed E-state index contributed by atoms with van der Waals surface area (Å²) < 4.78 is 10.4. The highest BCUT2D eigenvalue weighted by molar-refractivity contribution is 14.0. The average Bonchev–Trinajstić information content (AvgIpc) is 2.66. The Kier molecular flexibility index (Phi) is 12.2. The van der Waals surface area contributed by atoms with Crippen LogP contribution in [0.4, 0.5) is 0 Å². The van der Waals surface area contributed by atoms with Gasteiger partial charge in [0, 0.05) is 42.5 Å². The van der Waals surface area contributed by atoms with Gasteiger partial charge in [0.2, 0.25) is 5.88 Å². The van der Waals surface area contributed by atoms with E-state index in [-0.39, 0.29) is 24.0 Å². The number of methoxy groups -OCH3 is 1. The van der Waals surface area contributed by atoms with Crippen molar-refractivity contribution in [2.24, 2.45) is 4.99 Å². The quantitative estimate of drug-likeness (QED) is 0.216. The third kappa shape index (κ3) is 8.81. The third-order valence-corrected chi connectivity index (χ3v) is 4.15. The van der Waals surface area contributed by atoms with E-state index in [1.165, 1.54) is 0 Å². The molecule has 0 saturated heterocycles. The van der Waals surface area contributed by atoms with Crippen LogP contribution >= 0.6 is 47.2 Å². The molecule has 0 aliphatic heterocycles. The van der Waals surface area contributed by atoms with Gasteiger partial charge in [0.05, 0.1) is 13.2 Å². The predicted octanol–water partition coefficient (Wildman–Crippen LogP) is 4.29. The Morgan fingerprint density at radius 2 is 1.96 bits per heavy atom. The van der Waals surface area contributed by atoms with Crippen LogP contribution in [0.3, 0.4) is 0 Å². The first kappa shape index (κ1) is 24.7. The van der Waals surface area contributed by atoms with Gasteiger partial charge in [0.1, 0.15) is 6.61 Å². The maximum absolute atomic E-state index is 6.21. The number of rotatable bonds is 9. The fraction of sp³-hybridized carbons (Fsp3) is 0.368. The van der Waals surface area contributed by atoms with Gasteiger partial charge >= 0.3 is 0 Å². The molecule has 0 atom stereocenters. The van der Waals surface area contributed by atoms with Crippen molar-refractivity contribution in [2.75, 3.05) is 26.9 Å². The van der Waals surface area contributed by atoms with E-state index in [2.05, 4.69) is 20.6 Å². The molecular weight excluding hydrogens is 514 g/mol. The molecule has 0 spiro atoms. The van der Waals surface area contributed by atoms with Gasteiger partial charge in [0.15, 0.2) is 5.96 Å². The van der Waals surface area contributed by atoms with Crippen molar-refractivity contribution in [3.63, 3.8) is 0 Å². The molecule has 0 aliphatic carbocycles. The third-order valence-electron chi connectivity index (χ3n) is 3.56. The number of nitrogens with one attached hydrogen (secondary N) is 2. The topological polar surface area (TPSA) is 67.8 Å². The number of nitrogens with zero attached hydrogens (tertiary/aromatic N) is 2. The van der Waals surface area contributed by atoms with Gasteiger partial charge in [-0.3, -0.25) is 0 Å². The summed E-state index contributed by atoms with van der Waals surface area (Å²) in [4.78, 5) is 8.85. The maximum Gasteiger partial charge on any atom is 0.213 e. The van der Waals surface area contributed by atoms with Crippen molar-refractivity contribution in [1.82, 2.24) is 15.6 Å². The Labute approximate surface area is 193 Å². The van der Waals surface area contributed by atoms with Gasteiger partial charge in [-0.2, -0.15) is 0 Å². The summed E-state index contributed by atoms with van der Waals surface area (Å²) in [5.41, 5.74) is 1.93. The molecule has 2 rings (SSSR count). The van der Waals surface area contributed by atoms with Crippen LogP contribution in [0.15, 0.2) is 41.5 Å². The first-order chi connectivity index (χ1) is 13.1. The van der Waals surface area contributed by atoms with Crippen LogP contribution in [-0.2, 0) is 17.8 Å². The number of aliphatic imine (C=N–C) groups is 1. The van der Waals surface area contributed by atoms with Gasteiger partial charge < -0.3 is 20.1 Å². The molecule has 1 heterocycles.